The summed E-state index contributed by atoms with van der Waals surface area (Å²) in [5.74, 6) is -0.606. The van der Waals surface area contributed by atoms with Crippen LogP contribution in [0.2, 0.25) is 10.0 Å². The zero-order valence-corrected chi connectivity index (χ0v) is 36.6. The molecule has 0 aliphatic heterocycles. The number of carboxylic acids is 1. The quantitative estimate of drug-likeness (QED) is 0.0770. The number of anilines is 2. The second-order valence-electron chi connectivity index (χ2n) is 15.4. The summed E-state index contributed by atoms with van der Waals surface area (Å²) in [6.45, 7) is 2.67. The summed E-state index contributed by atoms with van der Waals surface area (Å²) in [5.41, 5.74) is 23.2. The smallest absolute Gasteiger partial charge is 0.338 e. The van der Waals surface area contributed by atoms with Gasteiger partial charge in [-0.15, -0.1) is 0 Å². The molecule has 64 heavy (non-hydrogen) atoms. The molecule has 0 fully saturated rings. The van der Waals surface area contributed by atoms with Gasteiger partial charge in [0.05, 0.1) is 17.7 Å². The van der Waals surface area contributed by atoms with Crippen LogP contribution in [-0.2, 0) is 18.0 Å². The van der Waals surface area contributed by atoms with Gasteiger partial charge in [0.2, 0.25) is 0 Å². The van der Waals surface area contributed by atoms with Gasteiger partial charge in [-0.2, -0.15) is 0 Å². The van der Waals surface area contributed by atoms with E-state index in [0.717, 1.165) is 94.2 Å². The molecule has 8 rings (SSSR count). The van der Waals surface area contributed by atoms with E-state index in [9.17, 15) is 23.5 Å². The van der Waals surface area contributed by atoms with Crippen molar-refractivity contribution in [3.63, 3.8) is 0 Å². The molecule has 0 saturated carbocycles. The lowest BCUT2D eigenvalue weighted by Gasteiger charge is -2.16. The van der Waals surface area contributed by atoms with Gasteiger partial charge in [-0.05, 0) is 187 Å². The summed E-state index contributed by atoms with van der Waals surface area (Å²) in [6, 6.07) is 33.7. The van der Waals surface area contributed by atoms with Crippen LogP contribution in [0.5, 0.6) is 11.5 Å². The minimum Gasteiger partial charge on any atom is -0.488 e. The number of benzene rings is 6. The molecule has 0 radical (unpaired) electrons. The standard InChI is InChI=1S/C27H25ClFNO3.C25H21ClFNO3/c1-2-32-27(31)19-12-18(13-22(30)14-19)23-4-3-5-24(23)25-15-20(28)8-11-26(25)33-16-17-6-9-21(29)10-7-17;26-18-6-9-24(31-14-15-4-7-19(27)8-5-15)23(13-18)22-3-1-2-21(22)16-10-17(25(29)30)12-20(28)11-16/h6-15H,2-5,16,30H2,1H3;4-13H,1-3,14,28H2,(H,29,30). The van der Waals surface area contributed by atoms with Crippen molar-refractivity contribution in [2.75, 3.05) is 18.1 Å². The molecule has 8 nitrogen and oxygen atoms in total. The molecule has 2 aliphatic rings. The van der Waals surface area contributed by atoms with Crippen LogP contribution in [0, 0.1) is 11.6 Å². The summed E-state index contributed by atoms with van der Waals surface area (Å²) in [6.07, 6.45) is 5.24. The van der Waals surface area contributed by atoms with Crippen molar-refractivity contribution in [2.45, 2.75) is 58.7 Å². The highest BCUT2D eigenvalue weighted by molar-refractivity contribution is 6.31. The maximum Gasteiger partial charge on any atom is 0.338 e. The highest BCUT2D eigenvalue weighted by Crippen LogP contribution is 2.46. The van der Waals surface area contributed by atoms with Crippen LogP contribution in [0.3, 0.4) is 0 Å². The Kier molecular flexibility index (Phi) is 14.7. The lowest BCUT2D eigenvalue weighted by molar-refractivity contribution is 0.0525. The molecular weight excluding hydrogens is 857 g/mol. The first-order valence-corrected chi connectivity index (χ1v) is 21.6. The van der Waals surface area contributed by atoms with E-state index in [1.165, 1.54) is 30.3 Å². The van der Waals surface area contributed by atoms with E-state index in [4.69, 9.17) is 48.9 Å². The van der Waals surface area contributed by atoms with Crippen LogP contribution in [0.25, 0.3) is 22.3 Å². The van der Waals surface area contributed by atoms with Gasteiger partial charge in [0.15, 0.2) is 0 Å². The van der Waals surface area contributed by atoms with Gasteiger partial charge >= 0.3 is 11.9 Å². The first-order chi connectivity index (χ1) is 30.8. The van der Waals surface area contributed by atoms with Gasteiger partial charge in [0.1, 0.15) is 36.3 Å². The number of nitrogens with two attached hydrogens (primary N) is 2. The van der Waals surface area contributed by atoms with Crippen LogP contribution in [0.1, 0.15) is 99.5 Å². The number of esters is 1. The number of hydrogen-bond acceptors (Lipinski definition) is 7. The molecule has 0 spiro atoms. The Balaban J connectivity index is 0.000000192. The average molecular weight is 904 g/mol. The van der Waals surface area contributed by atoms with Crippen molar-refractivity contribution in [3.05, 3.63) is 188 Å². The summed E-state index contributed by atoms with van der Waals surface area (Å²) in [5, 5.41) is 10.6. The number of aromatic carboxylic acids is 1. The molecule has 12 heteroatoms. The van der Waals surface area contributed by atoms with Crippen molar-refractivity contribution >= 4 is 68.8 Å². The van der Waals surface area contributed by atoms with E-state index in [1.54, 1.807) is 61.5 Å². The Morgan fingerprint density at radius 3 is 1.44 bits per heavy atom. The molecule has 0 unspecified atom stereocenters. The number of hydrogen-bond donors (Lipinski definition) is 3. The first kappa shape index (κ1) is 45.4. The third kappa shape index (κ3) is 11.3. The van der Waals surface area contributed by atoms with Crippen molar-refractivity contribution in [1.82, 2.24) is 0 Å². The Bertz CT molecular complexity index is 2750. The number of carbonyl (C=O) groups is 2. The lowest BCUT2D eigenvalue weighted by atomic mass is 9.95. The fourth-order valence-electron chi connectivity index (χ4n) is 8.04. The van der Waals surface area contributed by atoms with Crippen molar-refractivity contribution in [1.29, 1.82) is 0 Å². The number of carboxylic acid groups (broad SMARTS) is 1. The van der Waals surface area contributed by atoms with Gasteiger partial charge in [0.25, 0.3) is 0 Å². The lowest BCUT2D eigenvalue weighted by Crippen LogP contribution is -2.06. The van der Waals surface area contributed by atoms with Crippen molar-refractivity contribution in [3.8, 4) is 11.5 Å². The molecule has 6 aromatic rings. The fourth-order valence-corrected chi connectivity index (χ4v) is 8.38. The van der Waals surface area contributed by atoms with Crippen molar-refractivity contribution in [2.24, 2.45) is 0 Å². The molecule has 328 valence electrons. The molecule has 5 N–H and O–H groups in total. The molecule has 0 atom stereocenters. The van der Waals surface area contributed by atoms with E-state index >= 15 is 0 Å². The Hall–Kier alpha value is -6.62. The molecule has 0 amide bonds. The molecule has 2 aliphatic carbocycles. The van der Waals surface area contributed by atoms with Gasteiger partial charge in [-0.3, -0.25) is 0 Å². The summed E-state index contributed by atoms with van der Waals surface area (Å²) in [4.78, 5) is 23.8. The van der Waals surface area contributed by atoms with Crippen LogP contribution in [0.15, 0.2) is 121 Å². The van der Waals surface area contributed by atoms with E-state index in [2.05, 4.69) is 0 Å². The SMILES string of the molecule is CCOC(=O)c1cc(N)cc(C2=C(c3cc(Cl)ccc3OCc3ccc(F)cc3)CCC2)c1.Nc1cc(C(=O)O)cc(C2=C(c3cc(Cl)ccc3OCc3ccc(F)cc3)CCC2)c1. The summed E-state index contributed by atoms with van der Waals surface area (Å²) < 4.78 is 43.7. The third-order valence-electron chi connectivity index (χ3n) is 11.0. The molecule has 0 aromatic heterocycles. The Morgan fingerprint density at radius 1 is 0.578 bits per heavy atom. The number of rotatable bonds is 13. The number of allylic oxidation sites excluding steroid dienone is 4. The van der Waals surface area contributed by atoms with Crippen LogP contribution >= 0.6 is 23.2 Å². The van der Waals surface area contributed by atoms with Gasteiger partial charge in [-0.1, -0.05) is 47.5 Å². The van der Waals surface area contributed by atoms with Gasteiger partial charge in [-0.25, -0.2) is 18.4 Å². The second-order valence-corrected chi connectivity index (χ2v) is 16.3. The largest absolute Gasteiger partial charge is 0.488 e. The number of halogens is 4. The molecule has 0 saturated heterocycles. The molecular formula is C52H46Cl2F2N2O6. The van der Waals surface area contributed by atoms with Crippen LogP contribution in [-0.4, -0.2) is 23.7 Å². The summed E-state index contributed by atoms with van der Waals surface area (Å²) in [7, 11) is 0. The van der Waals surface area contributed by atoms with Crippen LogP contribution < -0.4 is 20.9 Å². The predicted molar refractivity (Wildman–Crippen MR) is 250 cm³/mol. The molecule has 0 bridgehead atoms. The Morgan fingerprint density at radius 2 is 1.00 bits per heavy atom. The predicted octanol–water partition coefficient (Wildman–Crippen LogP) is 13.3. The highest BCUT2D eigenvalue weighted by atomic mass is 35.5. The maximum atomic E-state index is 13.2. The summed E-state index contributed by atoms with van der Waals surface area (Å²) >= 11 is 12.6. The number of nitrogen functional groups attached to an aromatic ring is 2. The van der Waals surface area contributed by atoms with Crippen molar-refractivity contribution < 1.29 is 37.7 Å². The van der Waals surface area contributed by atoms with Gasteiger partial charge in [0, 0.05) is 32.5 Å². The van der Waals surface area contributed by atoms with Gasteiger partial charge < -0.3 is 30.8 Å². The Labute approximate surface area is 380 Å². The maximum absolute atomic E-state index is 13.2. The second kappa shape index (κ2) is 20.7. The monoisotopic (exact) mass is 902 g/mol. The molecule has 6 aromatic carbocycles. The number of ether oxygens (including phenoxy) is 3. The third-order valence-corrected chi connectivity index (χ3v) is 11.4. The zero-order valence-electron chi connectivity index (χ0n) is 35.1. The fraction of sp³-hybridized carbons (Fsp3) is 0.192. The van der Waals surface area contributed by atoms with E-state index in [1.807, 2.05) is 36.4 Å². The molecule has 0 heterocycles. The normalized spacial score (nSPS) is 13.4. The minimum atomic E-state index is -1.01. The van der Waals surface area contributed by atoms with Crippen LogP contribution in [0.4, 0.5) is 20.2 Å². The zero-order chi connectivity index (χ0) is 45.3. The topological polar surface area (TPSA) is 134 Å². The number of carbonyl (C=O) groups excluding carboxylic acids is 1. The first-order valence-electron chi connectivity index (χ1n) is 20.9. The van der Waals surface area contributed by atoms with E-state index < -0.39 is 11.9 Å². The van der Waals surface area contributed by atoms with E-state index in [0.29, 0.717) is 58.3 Å². The minimum absolute atomic E-state index is 0.160. The average Bonchev–Trinajstić information content (AvgIpc) is 3.98. The highest BCUT2D eigenvalue weighted by Gasteiger charge is 2.24. The van der Waals surface area contributed by atoms with E-state index in [-0.39, 0.29) is 17.2 Å².